The number of methoxy groups -OCH3 is 1. The minimum absolute atomic E-state index is 0.0705. The topological polar surface area (TPSA) is 35.5 Å². The molecule has 26 heavy (non-hydrogen) atoms. The molecular formula is C17H16F6O3. The predicted molar refractivity (Wildman–Crippen MR) is 79.1 cm³/mol. The maximum Gasteiger partial charge on any atom is 0.416 e. The van der Waals surface area contributed by atoms with E-state index in [0.29, 0.717) is 30.5 Å². The maximum atomic E-state index is 12.9. The van der Waals surface area contributed by atoms with Crippen LogP contribution in [0.4, 0.5) is 26.3 Å². The van der Waals surface area contributed by atoms with Gasteiger partial charge >= 0.3 is 18.3 Å². The van der Waals surface area contributed by atoms with Crippen LogP contribution in [-0.2, 0) is 26.6 Å². The van der Waals surface area contributed by atoms with Crippen molar-refractivity contribution in [3.63, 3.8) is 0 Å². The van der Waals surface area contributed by atoms with Crippen molar-refractivity contribution >= 4 is 5.97 Å². The molecule has 0 heterocycles. The molecule has 0 fully saturated rings. The Morgan fingerprint density at radius 2 is 1.62 bits per heavy atom. The van der Waals surface area contributed by atoms with Crippen molar-refractivity contribution < 1.29 is 40.6 Å². The summed E-state index contributed by atoms with van der Waals surface area (Å²) in [5.74, 6) is -0.540. The zero-order chi connectivity index (χ0) is 19.7. The van der Waals surface area contributed by atoms with Gasteiger partial charge in [-0.3, -0.25) is 0 Å². The number of carbonyl (C=O) groups is 1. The molecule has 1 aliphatic carbocycles. The summed E-state index contributed by atoms with van der Waals surface area (Å²) in [7, 11) is 1.21. The van der Waals surface area contributed by atoms with E-state index in [1.54, 1.807) is 0 Å². The Bertz CT molecular complexity index is 673. The van der Waals surface area contributed by atoms with Gasteiger partial charge < -0.3 is 9.47 Å². The summed E-state index contributed by atoms with van der Waals surface area (Å²) >= 11 is 0. The molecule has 144 valence electrons. The number of benzene rings is 1. The highest BCUT2D eigenvalue weighted by Crippen LogP contribution is 2.38. The average molecular weight is 382 g/mol. The van der Waals surface area contributed by atoms with Gasteiger partial charge in [-0.15, -0.1) is 0 Å². The second kappa shape index (κ2) is 7.30. The van der Waals surface area contributed by atoms with E-state index in [4.69, 9.17) is 4.74 Å². The second-order valence-corrected chi connectivity index (χ2v) is 5.88. The summed E-state index contributed by atoms with van der Waals surface area (Å²) in [6.45, 7) is 1.36. The number of alkyl halides is 6. The molecule has 0 saturated carbocycles. The van der Waals surface area contributed by atoms with E-state index in [9.17, 15) is 31.1 Å². The molecule has 1 aliphatic rings. The number of hydrogen-bond donors (Lipinski definition) is 0. The molecule has 1 aromatic carbocycles. The Morgan fingerprint density at radius 1 is 1.08 bits per heavy atom. The summed E-state index contributed by atoms with van der Waals surface area (Å²) in [5, 5.41) is 0. The Hall–Kier alpha value is -2.03. The molecule has 1 unspecified atom stereocenters. The summed E-state index contributed by atoms with van der Waals surface area (Å²) in [6.07, 6.45) is -9.23. The van der Waals surface area contributed by atoms with Crippen molar-refractivity contribution in [2.24, 2.45) is 0 Å². The zero-order valence-corrected chi connectivity index (χ0v) is 13.9. The van der Waals surface area contributed by atoms with Gasteiger partial charge in [0.15, 0.2) is 0 Å². The Balaban J connectivity index is 2.27. The molecule has 0 bridgehead atoms. The molecule has 2 rings (SSSR count). The van der Waals surface area contributed by atoms with Gasteiger partial charge in [0.2, 0.25) is 0 Å². The van der Waals surface area contributed by atoms with E-state index in [1.807, 2.05) is 0 Å². The van der Waals surface area contributed by atoms with Gasteiger partial charge in [-0.2, -0.15) is 26.3 Å². The van der Waals surface area contributed by atoms with Gasteiger partial charge in [-0.25, -0.2) is 4.79 Å². The van der Waals surface area contributed by atoms with Gasteiger partial charge in [0.05, 0.1) is 30.4 Å². The largest absolute Gasteiger partial charge is 0.466 e. The minimum Gasteiger partial charge on any atom is -0.466 e. The fourth-order valence-corrected chi connectivity index (χ4v) is 2.65. The first-order valence-corrected chi connectivity index (χ1v) is 7.65. The molecule has 0 radical (unpaired) electrons. The van der Waals surface area contributed by atoms with Gasteiger partial charge in [-0.05, 0) is 49.6 Å². The van der Waals surface area contributed by atoms with Gasteiger partial charge in [0, 0.05) is 5.57 Å². The normalized spacial score (nSPS) is 19.2. The molecule has 0 saturated heterocycles. The van der Waals surface area contributed by atoms with Crippen LogP contribution in [0.15, 0.2) is 29.8 Å². The fraction of sp³-hybridized carbons (Fsp3) is 0.471. The Kier molecular flexibility index (Phi) is 5.70. The molecule has 0 amide bonds. The number of rotatable bonds is 4. The average Bonchev–Trinajstić information content (AvgIpc) is 3.00. The van der Waals surface area contributed by atoms with Crippen LogP contribution in [0.5, 0.6) is 0 Å². The van der Waals surface area contributed by atoms with Crippen LogP contribution in [-0.4, -0.2) is 19.2 Å². The van der Waals surface area contributed by atoms with Crippen molar-refractivity contribution in [2.45, 2.75) is 44.3 Å². The van der Waals surface area contributed by atoms with Crippen LogP contribution in [0.3, 0.4) is 0 Å². The highest BCUT2D eigenvalue weighted by Gasteiger charge is 2.37. The second-order valence-electron chi connectivity index (χ2n) is 5.88. The third kappa shape index (κ3) is 4.78. The third-order valence-corrected chi connectivity index (χ3v) is 3.99. The summed E-state index contributed by atoms with van der Waals surface area (Å²) in [4.78, 5) is 11.4. The monoisotopic (exact) mass is 382 g/mol. The summed E-state index contributed by atoms with van der Waals surface area (Å²) in [5.41, 5.74) is -2.67. The molecule has 1 aromatic rings. The summed E-state index contributed by atoms with van der Waals surface area (Å²) in [6, 6.07) is 1.35. The number of halogens is 6. The van der Waals surface area contributed by atoms with Crippen molar-refractivity contribution in [2.75, 3.05) is 7.11 Å². The number of esters is 1. The van der Waals surface area contributed by atoms with E-state index in [-0.39, 0.29) is 11.6 Å². The molecule has 0 spiro atoms. The maximum absolute atomic E-state index is 12.9. The van der Waals surface area contributed by atoms with Crippen LogP contribution in [0.25, 0.3) is 0 Å². The molecule has 9 heteroatoms. The van der Waals surface area contributed by atoms with Crippen molar-refractivity contribution in [1.82, 2.24) is 0 Å². The van der Waals surface area contributed by atoms with Gasteiger partial charge in [-0.1, -0.05) is 0 Å². The van der Waals surface area contributed by atoms with Crippen LogP contribution in [0.2, 0.25) is 0 Å². The number of carbonyl (C=O) groups excluding carboxylic acids is 1. The first-order chi connectivity index (χ1) is 11.9. The number of hydrogen-bond acceptors (Lipinski definition) is 3. The van der Waals surface area contributed by atoms with Crippen LogP contribution in [0.1, 0.15) is 42.6 Å². The predicted octanol–water partition coefficient (Wildman–Crippen LogP) is 5.06. The first kappa shape index (κ1) is 20.3. The quantitative estimate of drug-likeness (QED) is 0.539. The number of ether oxygens (including phenoxy) is 2. The van der Waals surface area contributed by atoms with E-state index in [1.165, 1.54) is 20.1 Å². The molecule has 0 aromatic heterocycles. The molecule has 0 N–H and O–H groups in total. The molecule has 2 atom stereocenters. The van der Waals surface area contributed by atoms with Crippen LogP contribution in [0, 0.1) is 0 Å². The highest BCUT2D eigenvalue weighted by molar-refractivity contribution is 5.88. The summed E-state index contributed by atoms with van der Waals surface area (Å²) < 4.78 is 87.6. The lowest BCUT2D eigenvalue weighted by molar-refractivity contribution is -0.143. The van der Waals surface area contributed by atoms with Gasteiger partial charge in [0.1, 0.15) is 0 Å². The van der Waals surface area contributed by atoms with Crippen LogP contribution < -0.4 is 0 Å². The lowest BCUT2D eigenvalue weighted by Gasteiger charge is -2.20. The third-order valence-electron chi connectivity index (χ3n) is 3.99. The van der Waals surface area contributed by atoms with E-state index in [2.05, 4.69) is 4.74 Å². The van der Waals surface area contributed by atoms with E-state index >= 15 is 0 Å². The van der Waals surface area contributed by atoms with Crippen molar-refractivity contribution in [3.05, 3.63) is 46.5 Å². The fourth-order valence-electron chi connectivity index (χ4n) is 2.65. The van der Waals surface area contributed by atoms with Crippen molar-refractivity contribution in [1.29, 1.82) is 0 Å². The lowest BCUT2D eigenvalue weighted by atomic mass is 10.0. The SMILES string of the molecule is COC(=O)C1=CC(O[C@H](C)c2cc(C(F)(F)F)cc(C(F)(F)F)c2)CC1. The van der Waals surface area contributed by atoms with E-state index in [0.717, 1.165) is 0 Å². The van der Waals surface area contributed by atoms with Gasteiger partial charge in [0.25, 0.3) is 0 Å². The Morgan fingerprint density at radius 3 is 2.08 bits per heavy atom. The standard InChI is InChI=1S/C17H16F6O3/c1-9(26-14-4-3-10(7-14)15(24)25-2)11-5-12(16(18,19)20)8-13(6-11)17(21,22)23/h5-9,14H,3-4H2,1-2H3/t9-,14?/m1/s1. The Labute approximate surface area is 145 Å². The lowest BCUT2D eigenvalue weighted by Crippen LogP contribution is -2.15. The molecular weight excluding hydrogens is 366 g/mol. The molecule has 0 aliphatic heterocycles. The van der Waals surface area contributed by atoms with E-state index < -0.39 is 41.7 Å². The minimum atomic E-state index is -4.92. The highest BCUT2D eigenvalue weighted by atomic mass is 19.4. The van der Waals surface area contributed by atoms with Crippen LogP contribution >= 0.6 is 0 Å². The first-order valence-electron chi connectivity index (χ1n) is 7.65. The van der Waals surface area contributed by atoms with Crippen molar-refractivity contribution in [3.8, 4) is 0 Å². The zero-order valence-electron chi connectivity index (χ0n) is 13.9. The molecule has 3 nitrogen and oxygen atoms in total. The smallest absolute Gasteiger partial charge is 0.416 e.